The van der Waals surface area contributed by atoms with Gasteiger partial charge in [-0.3, -0.25) is 14.4 Å². The summed E-state index contributed by atoms with van der Waals surface area (Å²) in [5, 5.41) is 6.02. The molecule has 1 aliphatic heterocycles. The van der Waals surface area contributed by atoms with Gasteiger partial charge in [0.25, 0.3) is 5.91 Å². The first-order valence-corrected chi connectivity index (χ1v) is 13.3. The van der Waals surface area contributed by atoms with Gasteiger partial charge in [0.05, 0.1) is 30.3 Å². The highest BCUT2D eigenvalue weighted by atomic mass is 16.2. The molecule has 7 heteroatoms. The van der Waals surface area contributed by atoms with Crippen molar-refractivity contribution in [1.29, 1.82) is 0 Å². The third kappa shape index (κ3) is 5.63. The first-order chi connectivity index (χ1) is 18.4. The maximum Gasteiger partial charge on any atom is 0.251 e. The number of nitrogens with zero attached hydrogens (tertiary/aromatic N) is 1. The van der Waals surface area contributed by atoms with Crippen molar-refractivity contribution in [3.8, 4) is 0 Å². The molecule has 3 aromatic rings. The zero-order chi connectivity index (χ0) is 26.6. The van der Waals surface area contributed by atoms with E-state index in [1.54, 1.807) is 23.1 Å². The number of nitrogens with one attached hydrogen (secondary N) is 2. The van der Waals surface area contributed by atoms with Gasteiger partial charge < -0.3 is 21.3 Å². The molecule has 2 aliphatic rings. The number of carbonyl (C=O) groups excluding carboxylic acids is 3. The number of rotatable bonds is 5. The Morgan fingerprint density at radius 1 is 1.00 bits per heavy atom. The molecular weight excluding hydrogens is 476 g/mol. The molecule has 1 aliphatic carbocycles. The van der Waals surface area contributed by atoms with Crippen LogP contribution in [0, 0.1) is 6.92 Å². The lowest BCUT2D eigenvalue weighted by molar-refractivity contribution is -0.119. The number of anilines is 2. The summed E-state index contributed by atoms with van der Waals surface area (Å²) in [6, 6.07) is 22.0. The van der Waals surface area contributed by atoms with Crippen molar-refractivity contribution in [2.24, 2.45) is 5.73 Å². The van der Waals surface area contributed by atoms with Gasteiger partial charge in [-0.1, -0.05) is 73.0 Å². The molecule has 3 atom stereocenters. The van der Waals surface area contributed by atoms with Gasteiger partial charge >= 0.3 is 0 Å². The van der Waals surface area contributed by atoms with Crippen LogP contribution < -0.4 is 21.3 Å². The number of hydrogen-bond donors (Lipinski definition) is 3. The molecule has 4 N–H and O–H groups in total. The van der Waals surface area contributed by atoms with Gasteiger partial charge in [0, 0.05) is 17.6 Å². The van der Waals surface area contributed by atoms with Gasteiger partial charge in [-0.25, -0.2) is 0 Å². The second kappa shape index (κ2) is 11.2. The van der Waals surface area contributed by atoms with Crippen LogP contribution in [0.4, 0.5) is 11.4 Å². The highest BCUT2D eigenvalue weighted by molar-refractivity contribution is 6.07. The Morgan fingerprint density at radius 3 is 2.47 bits per heavy atom. The van der Waals surface area contributed by atoms with Crippen LogP contribution in [0.2, 0.25) is 0 Å². The number of carbonyl (C=O) groups is 3. The fourth-order valence-electron chi connectivity index (χ4n) is 5.43. The second-order valence-corrected chi connectivity index (χ2v) is 10.4. The fraction of sp³-hybridized carbons (Fsp3) is 0.323. The van der Waals surface area contributed by atoms with Crippen molar-refractivity contribution >= 4 is 29.1 Å². The van der Waals surface area contributed by atoms with E-state index in [9.17, 15) is 14.4 Å². The van der Waals surface area contributed by atoms with Gasteiger partial charge in [-0.15, -0.1) is 0 Å². The van der Waals surface area contributed by atoms with Crippen LogP contribution in [0.5, 0.6) is 0 Å². The van der Waals surface area contributed by atoms with Crippen LogP contribution in [-0.4, -0.2) is 29.8 Å². The largest absolute Gasteiger partial charge is 0.348 e. The van der Waals surface area contributed by atoms with E-state index in [0.717, 1.165) is 42.4 Å². The Hall–Kier alpha value is -3.97. The zero-order valence-corrected chi connectivity index (χ0v) is 21.7. The summed E-state index contributed by atoms with van der Waals surface area (Å²) in [7, 11) is 0. The van der Waals surface area contributed by atoms with Crippen molar-refractivity contribution in [3.63, 3.8) is 0 Å². The minimum absolute atomic E-state index is 0.0606. The van der Waals surface area contributed by atoms with E-state index in [-0.39, 0.29) is 42.6 Å². The van der Waals surface area contributed by atoms with E-state index in [0.29, 0.717) is 16.9 Å². The van der Waals surface area contributed by atoms with Crippen LogP contribution in [0.3, 0.4) is 0 Å². The Labute approximate surface area is 223 Å². The van der Waals surface area contributed by atoms with Crippen molar-refractivity contribution in [3.05, 3.63) is 95.1 Å². The van der Waals surface area contributed by atoms with Gasteiger partial charge in [0.15, 0.2) is 0 Å². The summed E-state index contributed by atoms with van der Waals surface area (Å²) in [5.74, 6) is -0.561. The van der Waals surface area contributed by atoms with Gasteiger partial charge in [-0.2, -0.15) is 0 Å². The minimum atomic E-state index is -0.479. The number of nitrogens with two attached hydrogens (primary N) is 1. The van der Waals surface area contributed by atoms with Crippen LogP contribution in [0.1, 0.15) is 65.2 Å². The van der Waals surface area contributed by atoms with Crippen LogP contribution >= 0.6 is 0 Å². The van der Waals surface area contributed by atoms with Crippen LogP contribution in [0.25, 0.3) is 0 Å². The third-order valence-electron chi connectivity index (χ3n) is 7.55. The molecule has 1 heterocycles. The lowest BCUT2D eigenvalue weighted by Gasteiger charge is -2.31. The average Bonchev–Trinajstić information content (AvgIpc) is 3.06. The van der Waals surface area contributed by atoms with Crippen molar-refractivity contribution in [2.45, 2.75) is 63.6 Å². The van der Waals surface area contributed by atoms with Gasteiger partial charge in [-0.05, 0) is 49.1 Å². The summed E-state index contributed by atoms with van der Waals surface area (Å²) in [6.07, 6.45) is 4.17. The maximum atomic E-state index is 13.9. The molecule has 7 nitrogen and oxygen atoms in total. The summed E-state index contributed by atoms with van der Waals surface area (Å²) in [5.41, 5.74) is 10.6. The lowest BCUT2D eigenvalue weighted by atomic mass is 9.91. The van der Waals surface area contributed by atoms with E-state index in [4.69, 9.17) is 5.73 Å². The lowest BCUT2D eigenvalue weighted by Crippen LogP contribution is -2.49. The van der Waals surface area contributed by atoms with Gasteiger partial charge in [0.1, 0.15) is 0 Å². The number of amides is 3. The summed E-state index contributed by atoms with van der Waals surface area (Å²) < 4.78 is 0. The maximum absolute atomic E-state index is 13.9. The SMILES string of the molecule is Cc1ccc(C2CC(=O)Nc3cc(C(=O)NC4CCCCC4N)ccc3N2C(=O)Cc2ccccc2)cc1. The van der Waals surface area contributed by atoms with Crippen molar-refractivity contribution < 1.29 is 14.4 Å². The number of aryl methyl sites for hydroxylation is 1. The van der Waals surface area contributed by atoms with Crippen molar-refractivity contribution in [2.75, 3.05) is 10.2 Å². The molecule has 3 amide bonds. The molecule has 1 fully saturated rings. The van der Waals surface area contributed by atoms with Crippen molar-refractivity contribution in [1.82, 2.24) is 5.32 Å². The molecule has 196 valence electrons. The molecule has 5 rings (SSSR count). The van der Waals surface area contributed by atoms with E-state index < -0.39 is 6.04 Å². The smallest absolute Gasteiger partial charge is 0.251 e. The van der Waals surface area contributed by atoms with Gasteiger partial charge in [0.2, 0.25) is 11.8 Å². The molecule has 0 bridgehead atoms. The molecule has 0 saturated heterocycles. The standard InChI is InChI=1S/C31H34N4O3/c1-20-11-13-22(14-12-20)28-19-29(36)33-26-18-23(31(38)34-25-10-6-5-9-24(25)32)15-16-27(26)35(28)30(37)17-21-7-3-2-4-8-21/h2-4,7-8,11-16,18,24-25,28H,5-6,9-10,17,19,32H2,1H3,(H,33,36)(H,34,38). The molecule has 0 radical (unpaired) electrons. The zero-order valence-electron chi connectivity index (χ0n) is 21.7. The number of hydrogen-bond acceptors (Lipinski definition) is 4. The third-order valence-corrected chi connectivity index (χ3v) is 7.55. The molecular formula is C31H34N4O3. The average molecular weight is 511 g/mol. The first kappa shape index (κ1) is 25.7. The first-order valence-electron chi connectivity index (χ1n) is 13.3. The predicted octanol–water partition coefficient (Wildman–Crippen LogP) is 4.65. The van der Waals surface area contributed by atoms with E-state index >= 15 is 0 Å². The monoisotopic (exact) mass is 510 g/mol. The number of fused-ring (bicyclic) bond motifs is 1. The summed E-state index contributed by atoms with van der Waals surface area (Å²) in [4.78, 5) is 41.8. The Morgan fingerprint density at radius 2 is 1.74 bits per heavy atom. The molecule has 3 aromatic carbocycles. The molecule has 1 saturated carbocycles. The Balaban J connectivity index is 1.50. The molecule has 3 unspecified atom stereocenters. The van der Waals surface area contributed by atoms with E-state index in [1.807, 2.05) is 61.5 Å². The summed E-state index contributed by atoms with van der Waals surface area (Å²) >= 11 is 0. The molecule has 38 heavy (non-hydrogen) atoms. The molecule has 0 aromatic heterocycles. The second-order valence-electron chi connectivity index (χ2n) is 10.4. The highest BCUT2D eigenvalue weighted by Crippen LogP contribution is 2.39. The minimum Gasteiger partial charge on any atom is -0.348 e. The van der Waals surface area contributed by atoms with E-state index in [2.05, 4.69) is 10.6 Å². The Bertz CT molecular complexity index is 1320. The van der Waals surface area contributed by atoms with Crippen LogP contribution in [-0.2, 0) is 16.0 Å². The topological polar surface area (TPSA) is 105 Å². The number of benzene rings is 3. The Kier molecular flexibility index (Phi) is 7.56. The van der Waals surface area contributed by atoms with E-state index in [1.165, 1.54) is 0 Å². The molecule has 0 spiro atoms. The summed E-state index contributed by atoms with van der Waals surface area (Å²) in [6.45, 7) is 2.00. The van der Waals surface area contributed by atoms with Crippen LogP contribution in [0.15, 0.2) is 72.8 Å². The quantitative estimate of drug-likeness (QED) is 0.465. The fourth-order valence-corrected chi connectivity index (χ4v) is 5.43. The predicted molar refractivity (Wildman–Crippen MR) is 149 cm³/mol. The normalized spacial score (nSPS) is 21.2. The highest BCUT2D eigenvalue weighted by Gasteiger charge is 2.34.